The van der Waals surface area contributed by atoms with Gasteiger partial charge in [-0.15, -0.1) is 0 Å². The molecule has 0 unspecified atom stereocenters. The Labute approximate surface area is 147 Å². The summed E-state index contributed by atoms with van der Waals surface area (Å²) in [4.78, 5) is 21.7. The second-order valence-electron chi connectivity index (χ2n) is 5.74. The molecule has 0 saturated carbocycles. The van der Waals surface area contributed by atoms with E-state index < -0.39 is 54.1 Å². The Balaban J connectivity index is 2.30. The molecule has 1 fully saturated rings. The number of ether oxygens (including phenoxy) is 3. The molecule has 0 aliphatic carbocycles. The Hall–Kier alpha value is -2.31. The van der Waals surface area contributed by atoms with Crippen molar-refractivity contribution in [3.8, 4) is 5.75 Å². The smallest absolute Gasteiger partial charge is 0.308 e. The molecular weight excluding hydrogens is 354 g/mol. The molecule has 1 heterocycles. The number of hydrogen-bond acceptors (Lipinski definition) is 10. The van der Waals surface area contributed by atoms with Crippen LogP contribution in [0, 0.1) is 10.1 Å². The normalized spacial score (nSPS) is 31.3. The van der Waals surface area contributed by atoms with Crippen molar-refractivity contribution in [3.05, 3.63) is 34.4 Å². The van der Waals surface area contributed by atoms with Crippen LogP contribution in [0.4, 0.5) is 5.69 Å². The number of rotatable bonds is 6. The highest BCUT2D eigenvalue weighted by atomic mass is 16.7. The van der Waals surface area contributed by atoms with Crippen LogP contribution in [0.15, 0.2) is 24.3 Å². The van der Waals surface area contributed by atoms with Crippen molar-refractivity contribution >= 4 is 11.7 Å². The molecule has 0 amide bonds. The predicted octanol–water partition coefficient (Wildman–Crippen LogP) is -1.29. The van der Waals surface area contributed by atoms with Gasteiger partial charge in [0.1, 0.15) is 24.1 Å². The number of carbonyl (C=O) groups is 1. The SMILES string of the molecule is COC(=O)C[C@]1(O)[C@@H](Oc2ccc([N+](=O)[O-])cc2)O[C@H](CO)[C@H](O)[C@@H]1O. The third-order valence-electron chi connectivity index (χ3n) is 4.05. The molecule has 11 heteroatoms. The fraction of sp³-hybridized carbons (Fsp3) is 0.533. The summed E-state index contributed by atoms with van der Waals surface area (Å²) in [5, 5.41) is 50.9. The lowest BCUT2D eigenvalue weighted by molar-refractivity contribution is -0.384. The quantitative estimate of drug-likeness (QED) is 0.267. The van der Waals surface area contributed by atoms with Gasteiger partial charge in [-0.3, -0.25) is 14.9 Å². The molecule has 0 spiro atoms. The van der Waals surface area contributed by atoms with Gasteiger partial charge < -0.3 is 34.6 Å². The second-order valence-corrected chi connectivity index (χ2v) is 5.74. The summed E-state index contributed by atoms with van der Waals surface area (Å²) in [7, 11) is 1.07. The van der Waals surface area contributed by atoms with Crippen molar-refractivity contribution in [2.24, 2.45) is 0 Å². The summed E-state index contributed by atoms with van der Waals surface area (Å²) in [5.41, 5.74) is -2.59. The van der Waals surface area contributed by atoms with Crippen LogP contribution in [-0.4, -0.2) is 75.2 Å². The second kappa shape index (κ2) is 7.93. The summed E-state index contributed by atoms with van der Waals surface area (Å²) in [6.07, 6.45) is -7.30. The molecule has 2 rings (SSSR count). The summed E-state index contributed by atoms with van der Waals surface area (Å²) >= 11 is 0. The molecule has 144 valence electrons. The van der Waals surface area contributed by atoms with E-state index in [2.05, 4.69) is 4.74 Å². The first-order valence-electron chi connectivity index (χ1n) is 7.55. The number of aliphatic hydroxyl groups is 4. The lowest BCUT2D eigenvalue weighted by Crippen LogP contribution is -2.68. The van der Waals surface area contributed by atoms with Gasteiger partial charge in [-0.05, 0) is 12.1 Å². The topological polar surface area (TPSA) is 169 Å². The molecule has 0 radical (unpaired) electrons. The highest BCUT2D eigenvalue weighted by molar-refractivity contribution is 5.70. The van der Waals surface area contributed by atoms with E-state index in [1.165, 1.54) is 12.1 Å². The summed E-state index contributed by atoms with van der Waals surface area (Å²) in [6.45, 7) is -0.688. The zero-order chi connectivity index (χ0) is 19.5. The van der Waals surface area contributed by atoms with Crippen molar-refractivity contribution in [2.45, 2.75) is 36.6 Å². The minimum absolute atomic E-state index is 0.0316. The number of nitrogens with zero attached hydrogens (tertiary/aromatic N) is 1. The lowest BCUT2D eigenvalue weighted by atomic mass is 9.84. The van der Waals surface area contributed by atoms with Gasteiger partial charge in [-0.2, -0.15) is 0 Å². The molecule has 5 atom stereocenters. The molecule has 1 aliphatic heterocycles. The van der Waals surface area contributed by atoms with Crippen LogP contribution in [-0.2, 0) is 14.3 Å². The number of non-ortho nitro benzene ring substituents is 1. The maximum absolute atomic E-state index is 11.6. The third kappa shape index (κ3) is 3.92. The van der Waals surface area contributed by atoms with Gasteiger partial charge in [0, 0.05) is 12.1 Å². The monoisotopic (exact) mass is 373 g/mol. The van der Waals surface area contributed by atoms with Crippen molar-refractivity contribution in [2.75, 3.05) is 13.7 Å². The van der Waals surface area contributed by atoms with Crippen LogP contribution in [0.1, 0.15) is 6.42 Å². The van der Waals surface area contributed by atoms with Crippen LogP contribution in [0.5, 0.6) is 5.75 Å². The van der Waals surface area contributed by atoms with E-state index in [-0.39, 0.29) is 11.4 Å². The van der Waals surface area contributed by atoms with Crippen LogP contribution >= 0.6 is 0 Å². The molecular formula is C15H19NO10. The van der Waals surface area contributed by atoms with Crippen LogP contribution in [0.3, 0.4) is 0 Å². The van der Waals surface area contributed by atoms with Gasteiger partial charge in [0.05, 0.1) is 25.1 Å². The summed E-state index contributed by atoms with van der Waals surface area (Å²) < 4.78 is 15.2. The van der Waals surface area contributed by atoms with Crippen LogP contribution in [0.2, 0.25) is 0 Å². The van der Waals surface area contributed by atoms with Gasteiger partial charge in [0.2, 0.25) is 6.29 Å². The number of carbonyl (C=O) groups excluding carboxylic acids is 1. The number of methoxy groups -OCH3 is 1. The number of nitro groups is 1. The van der Waals surface area contributed by atoms with E-state index in [9.17, 15) is 35.3 Å². The summed E-state index contributed by atoms with van der Waals surface area (Å²) in [6, 6.07) is 4.75. The molecule has 11 nitrogen and oxygen atoms in total. The van der Waals surface area contributed by atoms with Crippen molar-refractivity contribution in [3.63, 3.8) is 0 Å². The Morgan fingerprint density at radius 2 is 1.96 bits per heavy atom. The Morgan fingerprint density at radius 1 is 1.35 bits per heavy atom. The first-order valence-corrected chi connectivity index (χ1v) is 7.55. The maximum Gasteiger partial charge on any atom is 0.308 e. The van der Waals surface area contributed by atoms with Crippen molar-refractivity contribution in [1.29, 1.82) is 0 Å². The largest absolute Gasteiger partial charge is 0.469 e. The van der Waals surface area contributed by atoms with E-state index in [0.29, 0.717) is 0 Å². The Morgan fingerprint density at radius 3 is 2.46 bits per heavy atom. The number of aliphatic hydroxyl groups excluding tert-OH is 3. The minimum atomic E-state index is -2.39. The van der Waals surface area contributed by atoms with Crippen molar-refractivity contribution in [1.82, 2.24) is 0 Å². The fourth-order valence-corrected chi connectivity index (χ4v) is 2.54. The first kappa shape index (κ1) is 20.0. The highest BCUT2D eigenvalue weighted by Crippen LogP contribution is 2.35. The molecule has 1 saturated heterocycles. The average Bonchev–Trinajstić information content (AvgIpc) is 2.62. The maximum atomic E-state index is 11.6. The highest BCUT2D eigenvalue weighted by Gasteiger charge is 2.57. The molecule has 1 aromatic rings. The number of hydrogen-bond donors (Lipinski definition) is 4. The first-order chi connectivity index (χ1) is 12.2. The fourth-order valence-electron chi connectivity index (χ4n) is 2.54. The lowest BCUT2D eigenvalue weighted by Gasteiger charge is -2.47. The molecule has 0 aromatic heterocycles. The van der Waals surface area contributed by atoms with E-state index in [1.54, 1.807) is 0 Å². The zero-order valence-electron chi connectivity index (χ0n) is 13.7. The van der Waals surface area contributed by atoms with Crippen LogP contribution < -0.4 is 4.74 Å². The zero-order valence-corrected chi connectivity index (χ0v) is 13.7. The number of benzene rings is 1. The van der Waals surface area contributed by atoms with Gasteiger partial charge in [0.15, 0.2) is 5.60 Å². The molecule has 26 heavy (non-hydrogen) atoms. The molecule has 1 aliphatic rings. The third-order valence-corrected chi connectivity index (χ3v) is 4.05. The van der Waals surface area contributed by atoms with Crippen molar-refractivity contribution < 1.29 is 44.4 Å². The van der Waals surface area contributed by atoms with Gasteiger partial charge in [-0.25, -0.2) is 0 Å². The molecule has 0 bridgehead atoms. The molecule has 4 N–H and O–H groups in total. The van der Waals surface area contributed by atoms with E-state index in [4.69, 9.17) is 9.47 Å². The van der Waals surface area contributed by atoms with Gasteiger partial charge >= 0.3 is 5.97 Å². The standard InChI is InChI=1S/C15H19NO10/c1-24-11(18)6-15(21)13(20)12(19)10(7-17)26-14(15)25-9-4-2-8(3-5-9)16(22)23/h2-5,10,12-14,17,19-21H,6-7H2,1H3/t10-,12+,13+,14+,15-/m1/s1. The van der Waals surface area contributed by atoms with E-state index >= 15 is 0 Å². The average molecular weight is 373 g/mol. The van der Waals surface area contributed by atoms with E-state index in [1.807, 2.05) is 0 Å². The number of nitro benzene ring substituents is 1. The van der Waals surface area contributed by atoms with E-state index in [0.717, 1.165) is 19.2 Å². The predicted molar refractivity (Wildman–Crippen MR) is 83.1 cm³/mol. The molecule has 1 aromatic carbocycles. The summed E-state index contributed by atoms with van der Waals surface area (Å²) in [5.74, 6) is -0.869. The number of esters is 1. The Bertz CT molecular complexity index is 650. The Kier molecular flexibility index (Phi) is 6.10. The van der Waals surface area contributed by atoms with Crippen LogP contribution in [0.25, 0.3) is 0 Å². The minimum Gasteiger partial charge on any atom is -0.469 e. The van der Waals surface area contributed by atoms with Gasteiger partial charge in [-0.1, -0.05) is 0 Å². The van der Waals surface area contributed by atoms with Gasteiger partial charge in [0.25, 0.3) is 5.69 Å².